The van der Waals surface area contributed by atoms with Crippen LogP contribution in [0.5, 0.6) is 0 Å². The highest BCUT2D eigenvalue weighted by molar-refractivity contribution is 7.89. The zero-order chi connectivity index (χ0) is 16.0. The molecule has 1 unspecified atom stereocenters. The van der Waals surface area contributed by atoms with Crippen molar-refractivity contribution in [3.8, 4) is 0 Å². The number of carbonyl (C=O) groups is 1. The smallest absolute Gasteiger partial charge is 0.268 e. The number of hydrogen-bond donors (Lipinski definition) is 2. The van der Waals surface area contributed by atoms with Gasteiger partial charge in [0.05, 0.1) is 6.54 Å². The molecule has 3 N–H and O–H groups in total. The molecule has 21 heavy (non-hydrogen) atoms. The van der Waals surface area contributed by atoms with Crippen molar-refractivity contribution in [3.05, 3.63) is 18.0 Å². The molecule has 1 heterocycles. The largest absolute Gasteiger partial charge is 0.347 e. The number of nitrogens with one attached hydrogen (secondary N) is 1. The number of sulfonamides is 1. The number of primary sulfonamides is 1. The van der Waals surface area contributed by atoms with Crippen LogP contribution >= 0.6 is 0 Å². The third-order valence-electron chi connectivity index (χ3n) is 3.59. The van der Waals surface area contributed by atoms with Crippen LogP contribution in [0.15, 0.2) is 17.2 Å². The summed E-state index contributed by atoms with van der Waals surface area (Å²) in [6.45, 7) is 3.16. The maximum absolute atomic E-state index is 12.5. The van der Waals surface area contributed by atoms with Gasteiger partial charge < -0.3 is 9.88 Å². The van der Waals surface area contributed by atoms with E-state index in [0.29, 0.717) is 0 Å². The van der Waals surface area contributed by atoms with Crippen molar-refractivity contribution in [1.29, 1.82) is 0 Å². The highest BCUT2D eigenvalue weighted by Crippen LogP contribution is 2.44. The zero-order valence-electron chi connectivity index (χ0n) is 11.6. The predicted octanol–water partition coefficient (Wildman–Crippen LogP) is 0.929. The number of aromatic nitrogens is 1. The molecule has 0 radical (unpaired) electrons. The Labute approximate surface area is 121 Å². The Morgan fingerprint density at radius 2 is 2.14 bits per heavy atom. The van der Waals surface area contributed by atoms with Crippen molar-refractivity contribution >= 4 is 15.9 Å². The third kappa shape index (κ3) is 3.59. The fourth-order valence-corrected chi connectivity index (χ4v) is 2.63. The lowest BCUT2D eigenvalue weighted by Crippen LogP contribution is -2.30. The molecule has 1 amide bonds. The van der Waals surface area contributed by atoms with Gasteiger partial charge in [0.1, 0.15) is 10.6 Å². The second-order valence-corrected chi connectivity index (χ2v) is 7.43. The molecule has 1 atom stereocenters. The van der Waals surface area contributed by atoms with Crippen LogP contribution in [-0.2, 0) is 16.6 Å². The molecular weight excluding hydrogens is 304 g/mol. The summed E-state index contributed by atoms with van der Waals surface area (Å²) in [7, 11) is -4.06. The molecular formula is C12H17F2N3O3S. The van der Waals surface area contributed by atoms with E-state index in [1.54, 1.807) is 0 Å². The van der Waals surface area contributed by atoms with Crippen molar-refractivity contribution in [1.82, 2.24) is 9.88 Å². The first-order valence-electron chi connectivity index (χ1n) is 6.33. The Balaban J connectivity index is 2.27. The zero-order valence-corrected chi connectivity index (χ0v) is 12.5. The van der Waals surface area contributed by atoms with Gasteiger partial charge in [-0.2, -0.15) is 0 Å². The van der Waals surface area contributed by atoms with Gasteiger partial charge in [-0.1, -0.05) is 13.8 Å². The number of nitrogens with two attached hydrogens (primary N) is 1. The molecule has 0 saturated heterocycles. The summed E-state index contributed by atoms with van der Waals surface area (Å²) in [5.74, 6) is -0.582. The van der Waals surface area contributed by atoms with Gasteiger partial charge in [0, 0.05) is 12.2 Å². The van der Waals surface area contributed by atoms with E-state index < -0.39 is 28.9 Å². The van der Waals surface area contributed by atoms with Crippen molar-refractivity contribution in [2.75, 3.05) is 0 Å². The molecule has 1 aromatic rings. The number of hydrogen-bond acceptors (Lipinski definition) is 3. The average Bonchev–Trinajstić information content (AvgIpc) is 2.71. The van der Waals surface area contributed by atoms with Gasteiger partial charge in [0.25, 0.3) is 12.3 Å². The van der Waals surface area contributed by atoms with Crippen LogP contribution in [0.2, 0.25) is 0 Å². The highest BCUT2D eigenvalue weighted by Gasteiger charge is 2.46. The molecule has 0 spiro atoms. The SMILES string of the molecule is CC1(C)CC1NC(=O)c1cc(S(N)(=O)=O)cn1CC(F)F. The second-order valence-electron chi connectivity index (χ2n) is 5.87. The Kier molecular flexibility index (Phi) is 3.83. The van der Waals surface area contributed by atoms with Crippen LogP contribution in [0, 0.1) is 5.41 Å². The third-order valence-corrected chi connectivity index (χ3v) is 4.47. The van der Waals surface area contributed by atoms with Gasteiger partial charge in [-0.3, -0.25) is 4.79 Å². The minimum absolute atomic E-state index is 0.0292. The normalized spacial score (nSPS) is 20.6. The molecule has 0 aromatic carbocycles. The molecule has 118 valence electrons. The Morgan fingerprint density at radius 1 is 1.57 bits per heavy atom. The predicted molar refractivity (Wildman–Crippen MR) is 71.5 cm³/mol. The number of rotatable bonds is 5. The molecule has 6 nitrogen and oxygen atoms in total. The monoisotopic (exact) mass is 321 g/mol. The standard InChI is InChI=1S/C12H17F2N3O3S/c1-12(2)4-9(12)16-11(18)8-3-7(21(15,19)20)5-17(8)6-10(13)14/h3,5,9-10H,4,6H2,1-2H3,(H,16,18)(H2,15,19,20). The summed E-state index contributed by atoms with van der Waals surface area (Å²) in [4.78, 5) is 11.8. The fraction of sp³-hybridized carbons (Fsp3) is 0.583. The number of carbonyl (C=O) groups excluding carboxylic acids is 1. The molecule has 2 rings (SSSR count). The van der Waals surface area contributed by atoms with E-state index in [0.717, 1.165) is 23.3 Å². The fourth-order valence-electron chi connectivity index (χ4n) is 2.08. The molecule has 1 aliphatic carbocycles. The van der Waals surface area contributed by atoms with Crippen molar-refractivity contribution < 1.29 is 22.0 Å². The van der Waals surface area contributed by atoms with Crippen LogP contribution in [0.4, 0.5) is 8.78 Å². The minimum Gasteiger partial charge on any atom is -0.347 e. The Morgan fingerprint density at radius 3 is 2.57 bits per heavy atom. The van der Waals surface area contributed by atoms with E-state index in [1.165, 1.54) is 0 Å². The average molecular weight is 321 g/mol. The molecule has 1 aliphatic rings. The van der Waals surface area contributed by atoms with E-state index in [-0.39, 0.29) is 22.0 Å². The maximum atomic E-state index is 12.5. The van der Waals surface area contributed by atoms with E-state index in [4.69, 9.17) is 5.14 Å². The molecule has 1 aromatic heterocycles. The first-order valence-corrected chi connectivity index (χ1v) is 7.87. The van der Waals surface area contributed by atoms with E-state index in [1.807, 2.05) is 13.8 Å². The summed E-state index contributed by atoms with van der Waals surface area (Å²) in [5.41, 5.74) is -0.166. The lowest BCUT2D eigenvalue weighted by Gasteiger charge is -2.10. The van der Waals surface area contributed by atoms with Gasteiger partial charge in [-0.05, 0) is 17.9 Å². The first kappa shape index (κ1) is 15.9. The summed E-state index contributed by atoms with van der Waals surface area (Å²) in [6, 6.07) is 0.973. The Hall–Kier alpha value is -1.48. The lowest BCUT2D eigenvalue weighted by molar-refractivity contribution is 0.0923. The number of alkyl halides is 2. The summed E-state index contributed by atoms with van der Waals surface area (Å²) in [6.07, 6.45) is -0.972. The Bertz CT molecular complexity index is 667. The van der Waals surface area contributed by atoms with E-state index >= 15 is 0 Å². The van der Waals surface area contributed by atoms with Crippen LogP contribution in [0.1, 0.15) is 30.8 Å². The quantitative estimate of drug-likeness (QED) is 0.844. The molecule has 1 fully saturated rings. The van der Waals surface area contributed by atoms with Crippen LogP contribution in [0.3, 0.4) is 0 Å². The van der Waals surface area contributed by atoms with Gasteiger partial charge in [-0.25, -0.2) is 22.3 Å². The van der Waals surface area contributed by atoms with Crippen molar-refractivity contribution in [2.45, 2.75) is 44.2 Å². The summed E-state index contributed by atoms with van der Waals surface area (Å²) in [5, 5.41) is 7.66. The van der Waals surface area contributed by atoms with Gasteiger partial charge in [0.2, 0.25) is 10.0 Å². The molecule has 0 bridgehead atoms. The lowest BCUT2D eigenvalue weighted by atomic mass is 10.2. The van der Waals surface area contributed by atoms with Crippen LogP contribution in [-0.4, -0.2) is 31.4 Å². The van der Waals surface area contributed by atoms with Gasteiger partial charge in [0.15, 0.2) is 0 Å². The van der Waals surface area contributed by atoms with Crippen LogP contribution in [0.25, 0.3) is 0 Å². The minimum atomic E-state index is -4.06. The molecule has 0 aliphatic heterocycles. The van der Waals surface area contributed by atoms with Crippen LogP contribution < -0.4 is 10.5 Å². The number of nitrogens with zero attached hydrogens (tertiary/aromatic N) is 1. The molecule has 1 saturated carbocycles. The van der Waals surface area contributed by atoms with Crippen molar-refractivity contribution in [3.63, 3.8) is 0 Å². The first-order chi connectivity index (χ1) is 9.50. The second kappa shape index (κ2) is 5.06. The number of halogens is 2. The maximum Gasteiger partial charge on any atom is 0.268 e. The summed E-state index contributed by atoms with van der Waals surface area (Å²) >= 11 is 0. The molecule has 9 heteroatoms. The van der Waals surface area contributed by atoms with E-state index in [2.05, 4.69) is 5.32 Å². The van der Waals surface area contributed by atoms with Crippen molar-refractivity contribution in [2.24, 2.45) is 10.6 Å². The van der Waals surface area contributed by atoms with Gasteiger partial charge >= 0.3 is 0 Å². The van der Waals surface area contributed by atoms with Gasteiger partial charge in [-0.15, -0.1) is 0 Å². The highest BCUT2D eigenvalue weighted by atomic mass is 32.2. The summed E-state index contributed by atoms with van der Waals surface area (Å²) < 4.78 is 48.6. The topological polar surface area (TPSA) is 94.2 Å². The number of amides is 1. The van der Waals surface area contributed by atoms with E-state index in [9.17, 15) is 22.0 Å².